The zero-order chi connectivity index (χ0) is 13.6. The molecule has 18 heavy (non-hydrogen) atoms. The van der Waals surface area contributed by atoms with Crippen molar-refractivity contribution < 1.29 is 9.53 Å². The van der Waals surface area contributed by atoms with Crippen molar-refractivity contribution in [1.82, 2.24) is 15.5 Å². The Bertz CT molecular complexity index is 255. The van der Waals surface area contributed by atoms with Crippen molar-refractivity contribution in [2.24, 2.45) is 0 Å². The van der Waals surface area contributed by atoms with Gasteiger partial charge in [0.25, 0.3) is 0 Å². The molecular weight excluding hydrogens is 230 g/mol. The lowest BCUT2D eigenvalue weighted by Crippen LogP contribution is -2.47. The average Bonchev–Trinajstić information content (AvgIpc) is 2.28. The molecule has 0 unspecified atom stereocenters. The van der Waals surface area contributed by atoms with Gasteiger partial charge in [0.15, 0.2) is 0 Å². The molecule has 0 saturated carbocycles. The van der Waals surface area contributed by atoms with E-state index in [9.17, 15) is 4.79 Å². The Labute approximate surface area is 110 Å². The number of likely N-dealkylation sites (N-methyl/N-ethyl adjacent to an activating group) is 1. The standard InChI is InChI=1S/C13H27N3O2/c1-13(2,3)18-12(17)16-9-5-11(6-10-16)15-8-7-14-4/h11,14-15H,5-10H2,1-4H3. The highest BCUT2D eigenvalue weighted by Gasteiger charge is 2.26. The zero-order valence-corrected chi connectivity index (χ0v) is 12.1. The summed E-state index contributed by atoms with van der Waals surface area (Å²) in [5, 5.41) is 6.60. The van der Waals surface area contributed by atoms with Crippen LogP contribution in [-0.2, 0) is 4.74 Å². The fourth-order valence-corrected chi connectivity index (χ4v) is 1.99. The number of nitrogens with zero attached hydrogens (tertiary/aromatic N) is 1. The summed E-state index contributed by atoms with van der Waals surface area (Å²) in [5.41, 5.74) is -0.404. The van der Waals surface area contributed by atoms with Crippen molar-refractivity contribution in [3.63, 3.8) is 0 Å². The third-order valence-electron chi connectivity index (χ3n) is 2.95. The predicted molar refractivity (Wildman–Crippen MR) is 72.8 cm³/mol. The summed E-state index contributed by atoms with van der Waals surface area (Å²) < 4.78 is 5.37. The first-order valence-electron chi connectivity index (χ1n) is 6.78. The third kappa shape index (κ3) is 5.69. The van der Waals surface area contributed by atoms with E-state index in [2.05, 4.69) is 10.6 Å². The highest BCUT2D eigenvalue weighted by atomic mass is 16.6. The monoisotopic (exact) mass is 257 g/mol. The summed E-state index contributed by atoms with van der Waals surface area (Å²) in [7, 11) is 1.95. The lowest BCUT2D eigenvalue weighted by Gasteiger charge is -2.33. The summed E-state index contributed by atoms with van der Waals surface area (Å²) in [6.07, 6.45) is 1.82. The Kier molecular flexibility index (Phi) is 5.88. The molecule has 1 aliphatic heterocycles. The Balaban J connectivity index is 2.24. The number of likely N-dealkylation sites (tertiary alicyclic amines) is 1. The summed E-state index contributed by atoms with van der Waals surface area (Å²) >= 11 is 0. The van der Waals surface area contributed by atoms with Crippen molar-refractivity contribution in [2.75, 3.05) is 33.2 Å². The van der Waals surface area contributed by atoms with Crippen LogP contribution in [0.5, 0.6) is 0 Å². The first-order valence-corrected chi connectivity index (χ1v) is 6.78. The molecule has 0 spiro atoms. The molecule has 0 atom stereocenters. The van der Waals surface area contributed by atoms with Gasteiger partial charge in [0.05, 0.1) is 0 Å². The van der Waals surface area contributed by atoms with Gasteiger partial charge < -0.3 is 20.3 Å². The molecule has 1 saturated heterocycles. The molecule has 5 heteroatoms. The van der Waals surface area contributed by atoms with Gasteiger partial charge in [-0.05, 0) is 40.7 Å². The molecule has 1 amide bonds. The Morgan fingerprint density at radius 1 is 1.28 bits per heavy atom. The molecule has 5 nitrogen and oxygen atoms in total. The number of carbonyl (C=O) groups excluding carboxylic acids is 1. The van der Waals surface area contributed by atoms with Crippen LogP contribution in [0.2, 0.25) is 0 Å². The fourth-order valence-electron chi connectivity index (χ4n) is 1.99. The van der Waals surface area contributed by atoms with Crippen molar-refractivity contribution >= 4 is 6.09 Å². The number of nitrogens with one attached hydrogen (secondary N) is 2. The molecule has 0 aromatic rings. The molecular formula is C13H27N3O2. The maximum absolute atomic E-state index is 11.9. The third-order valence-corrected chi connectivity index (χ3v) is 2.95. The van der Waals surface area contributed by atoms with Gasteiger partial charge in [-0.25, -0.2) is 4.79 Å². The van der Waals surface area contributed by atoms with Crippen LogP contribution in [0.15, 0.2) is 0 Å². The molecule has 0 aromatic carbocycles. The van der Waals surface area contributed by atoms with E-state index in [1.54, 1.807) is 0 Å². The van der Waals surface area contributed by atoms with Crippen LogP contribution in [0.1, 0.15) is 33.6 Å². The van der Waals surface area contributed by atoms with Crippen LogP contribution in [-0.4, -0.2) is 55.9 Å². The molecule has 1 rings (SSSR count). The van der Waals surface area contributed by atoms with Gasteiger partial charge in [-0.2, -0.15) is 0 Å². The van der Waals surface area contributed by atoms with Crippen LogP contribution >= 0.6 is 0 Å². The second-order valence-electron chi connectivity index (χ2n) is 5.80. The van der Waals surface area contributed by atoms with E-state index in [0.29, 0.717) is 6.04 Å². The highest BCUT2D eigenvalue weighted by Crippen LogP contribution is 2.15. The number of amides is 1. The topological polar surface area (TPSA) is 53.6 Å². The van der Waals surface area contributed by atoms with E-state index in [-0.39, 0.29) is 6.09 Å². The Morgan fingerprint density at radius 2 is 1.89 bits per heavy atom. The number of hydrogen-bond donors (Lipinski definition) is 2. The van der Waals surface area contributed by atoms with E-state index in [1.165, 1.54) is 0 Å². The molecule has 1 aliphatic rings. The van der Waals surface area contributed by atoms with Crippen molar-refractivity contribution in [3.8, 4) is 0 Å². The normalized spacial score (nSPS) is 17.9. The second-order valence-corrected chi connectivity index (χ2v) is 5.80. The largest absolute Gasteiger partial charge is 0.444 e. The number of rotatable bonds is 4. The number of ether oxygens (including phenoxy) is 1. The van der Waals surface area contributed by atoms with E-state index >= 15 is 0 Å². The Morgan fingerprint density at radius 3 is 2.39 bits per heavy atom. The van der Waals surface area contributed by atoms with Gasteiger partial charge >= 0.3 is 6.09 Å². The van der Waals surface area contributed by atoms with Gasteiger partial charge in [-0.3, -0.25) is 0 Å². The lowest BCUT2D eigenvalue weighted by molar-refractivity contribution is 0.0198. The average molecular weight is 257 g/mol. The maximum atomic E-state index is 11.9. The second kappa shape index (κ2) is 6.95. The summed E-state index contributed by atoms with van der Waals surface area (Å²) in [5.74, 6) is 0. The zero-order valence-electron chi connectivity index (χ0n) is 12.1. The van der Waals surface area contributed by atoms with Crippen LogP contribution in [0, 0.1) is 0 Å². The maximum Gasteiger partial charge on any atom is 0.410 e. The molecule has 0 aliphatic carbocycles. The number of piperidine rings is 1. The quantitative estimate of drug-likeness (QED) is 0.743. The van der Waals surface area contributed by atoms with E-state index < -0.39 is 5.60 Å². The molecule has 1 heterocycles. The van der Waals surface area contributed by atoms with Crippen molar-refractivity contribution in [3.05, 3.63) is 0 Å². The molecule has 1 fully saturated rings. The van der Waals surface area contributed by atoms with Gasteiger partial charge in [0, 0.05) is 32.2 Å². The van der Waals surface area contributed by atoms with Crippen molar-refractivity contribution in [1.29, 1.82) is 0 Å². The molecule has 0 bridgehead atoms. The number of carbonyl (C=O) groups is 1. The van der Waals surface area contributed by atoms with E-state index in [4.69, 9.17) is 4.74 Å². The smallest absolute Gasteiger partial charge is 0.410 e. The molecule has 2 N–H and O–H groups in total. The van der Waals surface area contributed by atoms with Gasteiger partial charge in [0.2, 0.25) is 0 Å². The first-order chi connectivity index (χ1) is 8.42. The van der Waals surface area contributed by atoms with Gasteiger partial charge in [-0.15, -0.1) is 0 Å². The molecule has 106 valence electrons. The van der Waals surface area contributed by atoms with Crippen LogP contribution in [0.25, 0.3) is 0 Å². The minimum Gasteiger partial charge on any atom is -0.444 e. The predicted octanol–water partition coefficient (Wildman–Crippen LogP) is 1.19. The highest BCUT2D eigenvalue weighted by molar-refractivity contribution is 5.68. The first kappa shape index (κ1) is 15.2. The summed E-state index contributed by atoms with van der Waals surface area (Å²) in [4.78, 5) is 13.7. The van der Waals surface area contributed by atoms with E-state index in [1.807, 2.05) is 32.7 Å². The van der Waals surface area contributed by atoms with Crippen molar-refractivity contribution in [2.45, 2.75) is 45.3 Å². The van der Waals surface area contributed by atoms with Gasteiger partial charge in [0.1, 0.15) is 5.60 Å². The summed E-state index contributed by atoms with van der Waals surface area (Å²) in [6.45, 7) is 9.23. The van der Waals surface area contributed by atoms with Crippen LogP contribution < -0.4 is 10.6 Å². The molecule has 0 radical (unpaired) electrons. The SMILES string of the molecule is CNCCNC1CCN(C(=O)OC(C)(C)C)CC1. The van der Waals surface area contributed by atoms with Crippen LogP contribution in [0.3, 0.4) is 0 Å². The minimum atomic E-state index is -0.404. The number of hydrogen-bond acceptors (Lipinski definition) is 4. The summed E-state index contributed by atoms with van der Waals surface area (Å²) in [6, 6.07) is 0.525. The lowest BCUT2D eigenvalue weighted by atomic mass is 10.1. The van der Waals surface area contributed by atoms with Gasteiger partial charge in [-0.1, -0.05) is 0 Å². The fraction of sp³-hybridized carbons (Fsp3) is 0.923. The Hall–Kier alpha value is -0.810. The van der Waals surface area contributed by atoms with E-state index in [0.717, 1.165) is 39.0 Å². The molecule has 0 aromatic heterocycles. The minimum absolute atomic E-state index is 0.184. The van der Waals surface area contributed by atoms with Crippen LogP contribution in [0.4, 0.5) is 4.79 Å².